The number of nitrogens with two attached hydrogens (primary N) is 1. The molecule has 0 aromatic carbocycles. The van der Waals surface area contributed by atoms with Gasteiger partial charge in [-0.1, -0.05) is 0 Å². The SMILES string of the molecule is CNC(=S)OC(=N)N. The Morgan fingerprint density at radius 2 is 2.38 bits per heavy atom. The van der Waals surface area contributed by atoms with Gasteiger partial charge in [0.2, 0.25) is 0 Å². The molecule has 4 nitrogen and oxygen atoms in total. The fraction of sp³-hybridized carbons (Fsp3) is 0.333. The van der Waals surface area contributed by atoms with Crippen LogP contribution in [0, 0.1) is 5.41 Å². The zero-order valence-corrected chi connectivity index (χ0v) is 5.21. The molecule has 0 aliphatic heterocycles. The Morgan fingerprint density at radius 1 is 1.88 bits per heavy atom. The molecule has 0 heterocycles. The van der Waals surface area contributed by atoms with Crippen LogP contribution < -0.4 is 11.1 Å². The summed E-state index contributed by atoms with van der Waals surface area (Å²) in [5.74, 6) is 0. The quantitative estimate of drug-likeness (QED) is 0.234. The van der Waals surface area contributed by atoms with Gasteiger partial charge in [-0.15, -0.1) is 0 Å². The van der Waals surface area contributed by atoms with Crippen LogP contribution in [0.25, 0.3) is 0 Å². The maximum absolute atomic E-state index is 6.56. The maximum atomic E-state index is 6.56. The molecule has 0 bridgehead atoms. The molecule has 8 heavy (non-hydrogen) atoms. The third-order valence-corrected chi connectivity index (χ3v) is 0.694. The number of hydrogen-bond acceptors (Lipinski definition) is 3. The standard InChI is InChI=1S/C3H7N3OS/c1-6-3(8)7-2(4)5/h1H3,(H3,4,5)(H,6,8). The van der Waals surface area contributed by atoms with Crippen molar-refractivity contribution in [1.29, 1.82) is 5.41 Å². The Hall–Kier alpha value is -0.840. The van der Waals surface area contributed by atoms with E-state index in [1.165, 1.54) is 0 Å². The van der Waals surface area contributed by atoms with Crippen LogP contribution in [0.15, 0.2) is 0 Å². The zero-order chi connectivity index (χ0) is 6.57. The summed E-state index contributed by atoms with van der Waals surface area (Å²) in [7, 11) is 1.59. The summed E-state index contributed by atoms with van der Waals surface area (Å²) in [6.07, 6.45) is 0. The summed E-state index contributed by atoms with van der Waals surface area (Å²) in [5.41, 5.74) is 4.80. The monoisotopic (exact) mass is 133 g/mol. The van der Waals surface area contributed by atoms with Crippen LogP contribution in [0.3, 0.4) is 0 Å². The van der Waals surface area contributed by atoms with Gasteiger partial charge in [0.15, 0.2) is 0 Å². The van der Waals surface area contributed by atoms with Crippen molar-refractivity contribution in [2.24, 2.45) is 5.73 Å². The molecular formula is C3H7N3OS. The number of thiocarbonyl (C=S) groups is 1. The minimum absolute atomic E-state index is 0.109. The fourth-order valence-electron chi connectivity index (χ4n) is 0.151. The predicted octanol–water partition coefficient (Wildman–Crippen LogP) is -0.599. The lowest BCUT2D eigenvalue weighted by Gasteiger charge is -2.00. The van der Waals surface area contributed by atoms with Gasteiger partial charge in [-0.25, -0.2) is 0 Å². The lowest BCUT2D eigenvalue weighted by atomic mass is 11.1. The third kappa shape index (κ3) is 3.35. The van der Waals surface area contributed by atoms with Gasteiger partial charge < -0.3 is 15.8 Å². The molecule has 5 heteroatoms. The van der Waals surface area contributed by atoms with Gasteiger partial charge in [-0.05, 0) is 12.2 Å². The highest BCUT2D eigenvalue weighted by Gasteiger charge is 1.91. The molecule has 0 aromatic heterocycles. The first kappa shape index (κ1) is 7.16. The van der Waals surface area contributed by atoms with Crippen LogP contribution in [0.4, 0.5) is 0 Å². The Kier molecular flexibility index (Phi) is 2.86. The molecule has 4 N–H and O–H groups in total. The van der Waals surface area contributed by atoms with Gasteiger partial charge in [0.25, 0.3) is 11.2 Å². The second-order valence-electron chi connectivity index (χ2n) is 1.00. The molecule has 0 radical (unpaired) electrons. The highest BCUT2D eigenvalue weighted by atomic mass is 32.1. The van der Waals surface area contributed by atoms with Gasteiger partial charge >= 0.3 is 0 Å². The second kappa shape index (κ2) is 3.20. The maximum Gasteiger partial charge on any atom is 0.286 e. The van der Waals surface area contributed by atoms with Gasteiger partial charge in [-0.3, -0.25) is 5.41 Å². The Balaban J connectivity index is 3.40. The minimum Gasteiger partial charge on any atom is -0.399 e. The lowest BCUT2D eigenvalue weighted by molar-refractivity contribution is 0.522. The van der Waals surface area contributed by atoms with E-state index < -0.39 is 6.02 Å². The second-order valence-corrected chi connectivity index (χ2v) is 1.37. The van der Waals surface area contributed by atoms with Crippen molar-refractivity contribution in [3.8, 4) is 0 Å². The van der Waals surface area contributed by atoms with E-state index in [1.54, 1.807) is 7.05 Å². The van der Waals surface area contributed by atoms with E-state index in [4.69, 9.17) is 11.1 Å². The van der Waals surface area contributed by atoms with Crippen molar-refractivity contribution >= 4 is 23.4 Å². The molecule has 0 aliphatic carbocycles. The predicted molar refractivity (Wildman–Crippen MR) is 34.7 cm³/mol. The normalized spacial score (nSPS) is 7.62. The molecule has 0 fully saturated rings. The first-order valence-corrected chi connectivity index (χ1v) is 2.31. The van der Waals surface area contributed by atoms with Crippen molar-refractivity contribution in [3.05, 3.63) is 0 Å². The Bertz CT molecular complexity index is 113. The molecule has 0 saturated heterocycles. The average Bonchev–Trinajstić information content (AvgIpc) is 1.65. The molecule has 0 aromatic rings. The number of ether oxygens (including phenoxy) is 1. The van der Waals surface area contributed by atoms with Gasteiger partial charge in [0.05, 0.1) is 0 Å². The average molecular weight is 133 g/mol. The molecular weight excluding hydrogens is 126 g/mol. The Labute approximate surface area is 52.5 Å². The third-order valence-electron chi connectivity index (χ3n) is 0.407. The number of nitrogens with one attached hydrogen (secondary N) is 2. The van der Waals surface area contributed by atoms with E-state index in [0.717, 1.165) is 0 Å². The van der Waals surface area contributed by atoms with Crippen LogP contribution in [0.5, 0.6) is 0 Å². The number of hydrogen-bond donors (Lipinski definition) is 3. The largest absolute Gasteiger partial charge is 0.399 e. The van der Waals surface area contributed by atoms with E-state index in [0.29, 0.717) is 0 Å². The van der Waals surface area contributed by atoms with Gasteiger partial charge in [-0.2, -0.15) is 0 Å². The van der Waals surface area contributed by atoms with Crippen molar-refractivity contribution in [2.75, 3.05) is 7.05 Å². The fourth-order valence-corrected chi connectivity index (χ4v) is 0.241. The van der Waals surface area contributed by atoms with Gasteiger partial charge in [0.1, 0.15) is 0 Å². The molecule has 0 saturated carbocycles. The molecule has 0 unspecified atom stereocenters. The summed E-state index contributed by atoms with van der Waals surface area (Å²) >= 11 is 4.48. The van der Waals surface area contributed by atoms with E-state index in [1.807, 2.05) is 0 Å². The highest BCUT2D eigenvalue weighted by molar-refractivity contribution is 7.80. The molecule has 0 amide bonds. The van der Waals surface area contributed by atoms with Crippen LogP contribution in [0.1, 0.15) is 0 Å². The number of rotatable bonds is 0. The van der Waals surface area contributed by atoms with Crippen LogP contribution in [-0.4, -0.2) is 18.2 Å². The molecule has 0 aliphatic rings. The smallest absolute Gasteiger partial charge is 0.286 e. The van der Waals surface area contributed by atoms with Crippen molar-refractivity contribution in [3.63, 3.8) is 0 Å². The first-order valence-electron chi connectivity index (χ1n) is 1.90. The van der Waals surface area contributed by atoms with Gasteiger partial charge in [0, 0.05) is 7.05 Å². The summed E-state index contributed by atoms with van der Waals surface area (Å²) in [6, 6.07) is -0.399. The summed E-state index contributed by atoms with van der Waals surface area (Å²) in [4.78, 5) is 0. The summed E-state index contributed by atoms with van der Waals surface area (Å²) in [5, 5.41) is 9.15. The van der Waals surface area contributed by atoms with E-state index >= 15 is 0 Å². The molecule has 0 rings (SSSR count). The van der Waals surface area contributed by atoms with E-state index in [-0.39, 0.29) is 5.17 Å². The Morgan fingerprint density at radius 3 is 2.50 bits per heavy atom. The molecule has 0 atom stereocenters. The first-order chi connectivity index (χ1) is 3.66. The molecule has 0 spiro atoms. The van der Waals surface area contributed by atoms with Crippen LogP contribution in [-0.2, 0) is 4.74 Å². The lowest BCUT2D eigenvalue weighted by Crippen LogP contribution is -2.26. The summed E-state index contributed by atoms with van der Waals surface area (Å²) in [6.45, 7) is 0. The highest BCUT2D eigenvalue weighted by Crippen LogP contribution is 1.71. The van der Waals surface area contributed by atoms with Crippen LogP contribution >= 0.6 is 12.2 Å². The van der Waals surface area contributed by atoms with Crippen molar-refractivity contribution in [1.82, 2.24) is 5.32 Å². The van der Waals surface area contributed by atoms with Crippen LogP contribution in [0.2, 0.25) is 0 Å². The minimum atomic E-state index is -0.399. The zero-order valence-electron chi connectivity index (χ0n) is 4.39. The topological polar surface area (TPSA) is 71.1 Å². The summed E-state index contributed by atoms with van der Waals surface area (Å²) < 4.78 is 4.38. The van der Waals surface area contributed by atoms with Crippen molar-refractivity contribution in [2.45, 2.75) is 0 Å². The van der Waals surface area contributed by atoms with Crippen molar-refractivity contribution < 1.29 is 4.74 Å². The van der Waals surface area contributed by atoms with E-state index in [2.05, 4.69) is 22.3 Å². The number of amidine groups is 1. The van der Waals surface area contributed by atoms with E-state index in [9.17, 15) is 0 Å². The molecule has 46 valence electrons.